The molecule has 2 N–H and O–H groups in total. The Labute approximate surface area is 164 Å². The van der Waals surface area contributed by atoms with Crippen molar-refractivity contribution in [2.75, 3.05) is 25.6 Å². The molecule has 0 aliphatic carbocycles. The molecule has 0 unspecified atom stereocenters. The molecule has 144 valence electrons. The van der Waals surface area contributed by atoms with Crippen LogP contribution in [0.1, 0.15) is 10.4 Å². The van der Waals surface area contributed by atoms with Gasteiger partial charge in [-0.3, -0.25) is 14.4 Å². The SMILES string of the molecule is COc1cccc(C(=O)NCC(=O)OCC(=O)Nc2cccc3nsnc23)c1. The lowest BCUT2D eigenvalue weighted by Gasteiger charge is -2.08. The number of esters is 1. The highest BCUT2D eigenvalue weighted by Gasteiger charge is 2.13. The highest BCUT2D eigenvalue weighted by molar-refractivity contribution is 7.00. The van der Waals surface area contributed by atoms with Gasteiger partial charge in [0.05, 0.1) is 24.5 Å². The summed E-state index contributed by atoms with van der Waals surface area (Å²) in [7, 11) is 1.49. The monoisotopic (exact) mass is 400 g/mol. The van der Waals surface area contributed by atoms with Crippen molar-refractivity contribution in [3.05, 3.63) is 48.0 Å². The predicted octanol–water partition coefficient (Wildman–Crippen LogP) is 1.61. The van der Waals surface area contributed by atoms with Crippen molar-refractivity contribution in [2.24, 2.45) is 0 Å². The molecule has 0 bridgehead atoms. The van der Waals surface area contributed by atoms with E-state index in [0.717, 1.165) is 11.7 Å². The average molecular weight is 400 g/mol. The number of anilines is 1. The van der Waals surface area contributed by atoms with Gasteiger partial charge in [-0.25, -0.2) is 0 Å². The van der Waals surface area contributed by atoms with Gasteiger partial charge < -0.3 is 20.1 Å². The molecule has 2 aromatic carbocycles. The number of benzene rings is 2. The van der Waals surface area contributed by atoms with Crippen LogP contribution in [0.25, 0.3) is 11.0 Å². The van der Waals surface area contributed by atoms with E-state index in [1.807, 2.05) is 0 Å². The van der Waals surface area contributed by atoms with Crippen molar-refractivity contribution in [2.45, 2.75) is 0 Å². The Balaban J connectivity index is 1.45. The Morgan fingerprint density at radius 2 is 1.93 bits per heavy atom. The van der Waals surface area contributed by atoms with Crippen molar-refractivity contribution in [1.29, 1.82) is 0 Å². The molecule has 0 fully saturated rings. The number of hydrogen-bond acceptors (Lipinski definition) is 8. The molecular weight excluding hydrogens is 384 g/mol. The van der Waals surface area contributed by atoms with Crippen LogP contribution in [0.5, 0.6) is 5.75 Å². The van der Waals surface area contributed by atoms with Gasteiger partial charge in [-0.2, -0.15) is 8.75 Å². The standard InChI is InChI=1S/C18H16N4O5S/c1-26-12-5-2-4-11(8-12)18(25)19-9-16(24)27-10-15(23)20-13-6-3-7-14-17(13)22-28-21-14/h2-8H,9-10H2,1H3,(H,19,25)(H,20,23). The molecule has 0 saturated carbocycles. The molecule has 0 atom stereocenters. The molecule has 0 radical (unpaired) electrons. The van der Waals surface area contributed by atoms with Gasteiger partial charge in [-0.1, -0.05) is 12.1 Å². The molecule has 0 aliphatic rings. The number of ether oxygens (including phenoxy) is 2. The summed E-state index contributed by atoms with van der Waals surface area (Å²) in [6.45, 7) is -0.850. The van der Waals surface area contributed by atoms with Gasteiger partial charge in [0.25, 0.3) is 11.8 Å². The molecule has 28 heavy (non-hydrogen) atoms. The van der Waals surface area contributed by atoms with E-state index in [2.05, 4.69) is 19.4 Å². The molecule has 9 nitrogen and oxygen atoms in total. The van der Waals surface area contributed by atoms with E-state index in [9.17, 15) is 14.4 Å². The van der Waals surface area contributed by atoms with Gasteiger partial charge >= 0.3 is 5.97 Å². The summed E-state index contributed by atoms with van der Waals surface area (Å²) >= 11 is 1.04. The lowest BCUT2D eigenvalue weighted by molar-refractivity contribution is -0.146. The van der Waals surface area contributed by atoms with Gasteiger partial charge in [0.2, 0.25) is 0 Å². The van der Waals surface area contributed by atoms with Crippen molar-refractivity contribution in [1.82, 2.24) is 14.1 Å². The highest BCUT2D eigenvalue weighted by atomic mass is 32.1. The molecule has 0 saturated heterocycles. The summed E-state index contributed by atoms with van der Waals surface area (Å²) < 4.78 is 18.1. The zero-order valence-electron chi connectivity index (χ0n) is 14.8. The maximum atomic E-state index is 12.0. The van der Waals surface area contributed by atoms with Gasteiger partial charge in [0.1, 0.15) is 23.3 Å². The van der Waals surface area contributed by atoms with Crippen LogP contribution in [0.4, 0.5) is 5.69 Å². The fourth-order valence-electron chi connectivity index (χ4n) is 2.31. The van der Waals surface area contributed by atoms with Gasteiger partial charge in [0.15, 0.2) is 6.61 Å². The lowest BCUT2D eigenvalue weighted by Crippen LogP contribution is -2.32. The van der Waals surface area contributed by atoms with Crippen LogP contribution in [0.3, 0.4) is 0 Å². The summed E-state index contributed by atoms with van der Waals surface area (Å²) in [4.78, 5) is 35.8. The van der Waals surface area contributed by atoms with Crippen molar-refractivity contribution < 1.29 is 23.9 Å². The predicted molar refractivity (Wildman–Crippen MR) is 102 cm³/mol. The van der Waals surface area contributed by atoms with Crippen molar-refractivity contribution in [3.63, 3.8) is 0 Å². The van der Waals surface area contributed by atoms with Crippen LogP contribution in [0.2, 0.25) is 0 Å². The normalized spacial score (nSPS) is 10.3. The summed E-state index contributed by atoms with van der Waals surface area (Å²) in [5, 5.41) is 5.04. The first-order chi connectivity index (χ1) is 13.6. The average Bonchev–Trinajstić information content (AvgIpc) is 3.20. The van der Waals surface area contributed by atoms with Gasteiger partial charge in [0, 0.05) is 5.56 Å². The number of fused-ring (bicyclic) bond motifs is 1. The number of carbonyl (C=O) groups excluding carboxylic acids is 3. The molecule has 1 heterocycles. The Kier molecular flexibility index (Phi) is 6.12. The van der Waals surface area contributed by atoms with E-state index >= 15 is 0 Å². The smallest absolute Gasteiger partial charge is 0.325 e. The number of rotatable bonds is 7. The van der Waals surface area contributed by atoms with Crippen LogP contribution in [0, 0.1) is 0 Å². The number of hydrogen-bond donors (Lipinski definition) is 2. The number of nitrogens with zero attached hydrogens (tertiary/aromatic N) is 2. The first-order valence-corrected chi connectivity index (χ1v) is 8.89. The van der Waals surface area contributed by atoms with E-state index < -0.39 is 24.4 Å². The molecule has 0 spiro atoms. The van der Waals surface area contributed by atoms with Crippen LogP contribution >= 0.6 is 11.7 Å². The molecule has 2 amide bonds. The van der Waals surface area contributed by atoms with E-state index in [1.54, 1.807) is 42.5 Å². The number of nitrogens with one attached hydrogen (secondary N) is 2. The minimum atomic E-state index is -0.736. The summed E-state index contributed by atoms with van der Waals surface area (Å²) in [6.07, 6.45) is 0. The van der Waals surface area contributed by atoms with E-state index in [-0.39, 0.29) is 6.54 Å². The molecule has 1 aromatic heterocycles. The summed E-state index contributed by atoms with van der Waals surface area (Å²) in [5.41, 5.74) is 2.06. The third-order valence-electron chi connectivity index (χ3n) is 3.65. The molecular formula is C18H16N4O5S. The second-order valence-electron chi connectivity index (χ2n) is 5.56. The van der Waals surface area contributed by atoms with E-state index in [1.165, 1.54) is 7.11 Å². The zero-order chi connectivity index (χ0) is 19.9. The second-order valence-corrected chi connectivity index (χ2v) is 6.09. The van der Waals surface area contributed by atoms with E-state index in [4.69, 9.17) is 9.47 Å². The minimum absolute atomic E-state index is 0.342. The number of aromatic nitrogens is 2. The van der Waals surface area contributed by atoms with Crippen LogP contribution < -0.4 is 15.4 Å². The minimum Gasteiger partial charge on any atom is -0.497 e. The molecule has 10 heteroatoms. The number of methoxy groups -OCH3 is 1. The second kappa shape index (κ2) is 8.91. The zero-order valence-corrected chi connectivity index (χ0v) is 15.6. The summed E-state index contributed by atoms with van der Waals surface area (Å²) in [5.74, 6) is -1.19. The Morgan fingerprint density at radius 3 is 2.75 bits per heavy atom. The Bertz CT molecular complexity index is 1020. The van der Waals surface area contributed by atoms with Crippen molar-refractivity contribution >= 4 is 46.2 Å². The largest absolute Gasteiger partial charge is 0.497 e. The Hall–Kier alpha value is -3.53. The first-order valence-electron chi connectivity index (χ1n) is 8.16. The highest BCUT2D eigenvalue weighted by Crippen LogP contribution is 2.20. The number of amides is 2. The lowest BCUT2D eigenvalue weighted by atomic mass is 10.2. The third kappa shape index (κ3) is 4.80. The van der Waals surface area contributed by atoms with Crippen LogP contribution in [-0.4, -0.2) is 46.8 Å². The van der Waals surface area contributed by atoms with E-state index in [0.29, 0.717) is 28.0 Å². The molecule has 3 rings (SSSR count). The van der Waals surface area contributed by atoms with Crippen LogP contribution in [0.15, 0.2) is 42.5 Å². The molecule has 3 aromatic rings. The maximum absolute atomic E-state index is 12.0. The van der Waals surface area contributed by atoms with Crippen LogP contribution in [-0.2, 0) is 14.3 Å². The summed E-state index contributed by atoms with van der Waals surface area (Å²) in [6, 6.07) is 11.7. The fourth-order valence-corrected chi connectivity index (χ4v) is 2.86. The topological polar surface area (TPSA) is 120 Å². The number of carbonyl (C=O) groups is 3. The Morgan fingerprint density at radius 1 is 1.11 bits per heavy atom. The third-order valence-corrected chi connectivity index (χ3v) is 4.19. The maximum Gasteiger partial charge on any atom is 0.325 e. The fraction of sp³-hybridized carbons (Fsp3) is 0.167. The quantitative estimate of drug-likeness (QED) is 0.578. The van der Waals surface area contributed by atoms with Gasteiger partial charge in [-0.15, -0.1) is 0 Å². The van der Waals surface area contributed by atoms with Gasteiger partial charge in [-0.05, 0) is 30.3 Å². The first kappa shape index (κ1) is 19.2. The molecule has 0 aliphatic heterocycles. The van der Waals surface area contributed by atoms with Crippen molar-refractivity contribution in [3.8, 4) is 5.75 Å².